The van der Waals surface area contributed by atoms with Crippen LogP contribution in [-0.4, -0.2) is 20.5 Å². The summed E-state index contributed by atoms with van der Waals surface area (Å²) < 4.78 is 41.2. The number of nitrogens with one attached hydrogen (secondary N) is 1. The zero-order chi connectivity index (χ0) is 15.6. The van der Waals surface area contributed by atoms with Crippen LogP contribution in [0.1, 0.15) is 27.2 Å². The number of nitrogens with two attached hydrogens (primary N) is 1. The van der Waals surface area contributed by atoms with E-state index in [1.165, 1.54) is 18.2 Å². The van der Waals surface area contributed by atoms with Gasteiger partial charge in [0.2, 0.25) is 10.0 Å². The molecule has 0 spiro atoms. The molecule has 0 amide bonds. The molecule has 0 aliphatic heterocycles. The fraction of sp³-hybridized carbons (Fsp3) is 0.538. The zero-order valence-electron chi connectivity index (χ0n) is 12.2. The van der Waals surface area contributed by atoms with Crippen LogP contribution in [0.25, 0.3) is 0 Å². The van der Waals surface area contributed by atoms with Crippen LogP contribution in [0.4, 0.5) is 4.39 Å². The summed E-state index contributed by atoms with van der Waals surface area (Å²) in [6, 6.07) is 4.16. The van der Waals surface area contributed by atoms with Crippen molar-refractivity contribution >= 4 is 38.4 Å². The molecule has 0 heterocycles. The monoisotopic (exact) mass is 402 g/mol. The zero-order valence-corrected chi connectivity index (χ0v) is 15.4. The highest BCUT2D eigenvalue weighted by Gasteiger charge is 2.32. The van der Waals surface area contributed by atoms with Gasteiger partial charge in [-0.25, -0.2) is 17.5 Å². The first-order valence-corrected chi connectivity index (χ1v) is 8.57. The fourth-order valence-electron chi connectivity index (χ4n) is 2.14. The second-order valence-electron chi connectivity index (χ2n) is 5.52. The van der Waals surface area contributed by atoms with Crippen molar-refractivity contribution < 1.29 is 12.8 Å². The quantitative estimate of drug-likeness (QED) is 0.767. The van der Waals surface area contributed by atoms with Gasteiger partial charge in [-0.05, 0) is 47.3 Å². The van der Waals surface area contributed by atoms with Crippen molar-refractivity contribution in [3.05, 3.63) is 28.5 Å². The molecule has 122 valence electrons. The first kappa shape index (κ1) is 20.8. The third-order valence-electron chi connectivity index (χ3n) is 2.90. The highest BCUT2D eigenvalue weighted by molar-refractivity contribution is 9.10. The lowest BCUT2D eigenvalue weighted by Crippen LogP contribution is -2.52. The maximum absolute atomic E-state index is 13.9. The minimum absolute atomic E-state index is 0. The van der Waals surface area contributed by atoms with Crippen LogP contribution in [0.3, 0.4) is 0 Å². The predicted molar refractivity (Wildman–Crippen MR) is 88.6 cm³/mol. The lowest BCUT2D eigenvalue weighted by molar-refractivity contribution is 0.344. The van der Waals surface area contributed by atoms with Gasteiger partial charge in [-0.2, -0.15) is 0 Å². The van der Waals surface area contributed by atoms with E-state index in [0.29, 0.717) is 6.42 Å². The standard InChI is InChI=1S/C13H20BrFN2O2S.ClH/c1-9(2)7-13(3,8-16)17-20(18,19)11-6-4-5-10(14)12(11)15;/h4-6,9,17H,7-8,16H2,1-3H3;1H. The van der Waals surface area contributed by atoms with Crippen LogP contribution in [0.2, 0.25) is 0 Å². The third kappa shape index (κ3) is 5.49. The van der Waals surface area contributed by atoms with Crippen molar-refractivity contribution in [1.29, 1.82) is 0 Å². The summed E-state index contributed by atoms with van der Waals surface area (Å²) in [6.45, 7) is 5.81. The van der Waals surface area contributed by atoms with E-state index in [-0.39, 0.29) is 34.2 Å². The number of hydrogen-bond donors (Lipinski definition) is 2. The lowest BCUT2D eigenvalue weighted by Gasteiger charge is -2.30. The van der Waals surface area contributed by atoms with Crippen LogP contribution < -0.4 is 10.5 Å². The molecule has 8 heteroatoms. The Morgan fingerprint density at radius 1 is 1.43 bits per heavy atom. The van der Waals surface area contributed by atoms with E-state index in [0.717, 1.165) is 0 Å². The number of halogens is 3. The molecule has 21 heavy (non-hydrogen) atoms. The Balaban J connectivity index is 0.00000400. The van der Waals surface area contributed by atoms with E-state index in [1.54, 1.807) is 6.92 Å². The Bertz CT molecular complexity index is 584. The van der Waals surface area contributed by atoms with Crippen LogP contribution in [0, 0.1) is 11.7 Å². The maximum atomic E-state index is 13.9. The van der Waals surface area contributed by atoms with E-state index >= 15 is 0 Å². The van der Waals surface area contributed by atoms with Crippen molar-refractivity contribution in [2.75, 3.05) is 6.54 Å². The van der Waals surface area contributed by atoms with Crippen molar-refractivity contribution in [3.8, 4) is 0 Å². The second kappa shape index (κ2) is 7.87. The van der Waals surface area contributed by atoms with Gasteiger partial charge in [-0.3, -0.25) is 0 Å². The molecule has 3 N–H and O–H groups in total. The molecule has 0 aliphatic carbocycles. The van der Waals surface area contributed by atoms with Crippen molar-refractivity contribution in [2.24, 2.45) is 11.7 Å². The highest BCUT2D eigenvalue weighted by atomic mass is 79.9. The van der Waals surface area contributed by atoms with E-state index in [1.807, 2.05) is 13.8 Å². The average Bonchev–Trinajstić information content (AvgIpc) is 2.30. The molecular weight excluding hydrogens is 383 g/mol. The SMILES string of the molecule is CC(C)CC(C)(CN)NS(=O)(=O)c1cccc(Br)c1F.Cl. The van der Waals surface area contributed by atoms with Crippen molar-refractivity contribution in [3.63, 3.8) is 0 Å². The average molecular weight is 404 g/mol. The number of hydrogen-bond acceptors (Lipinski definition) is 3. The van der Waals surface area contributed by atoms with Crippen LogP contribution in [0.15, 0.2) is 27.6 Å². The summed E-state index contributed by atoms with van der Waals surface area (Å²) in [5.74, 6) is -0.539. The normalized spacial score (nSPS) is 14.6. The molecule has 1 aromatic carbocycles. The molecule has 0 saturated carbocycles. The Morgan fingerprint density at radius 3 is 2.48 bits per heavy atom. The number of sulfonamides is 1. The molecule has 0 aromatic heterocycles. The molecule has 0 fully saturated rings. The van der Waals surface area contributed by atoms with Crippen molar-refractivity contribution in [2.45, 2.75) is 37.6 Å². The third-order valence-corrected chi connectivity index (χ3v) is 5.16. The molecule has 1 rings (SSSR count). The Kier molecular flexibility index (Phi) is 7.79. The first-order chi connectivity index (χ1) is 9.11. The second-order valence-corrected chi connectivity index (χ2v) is 8.03. The van der Waals surface area contributed by atoms with Crippen molar-refractivity contribution in [1.82, 2.24) is 4.72 Å². The van der Waals surface area contributed by atoms with E-state index in [2.05, 4.69) is 20.7 Å². The summed E-state index contributed by atoms with van der Waals surface area (Å²) in [5.41, 5.74) is 4.87. The van der Waals surface area contributed by atoms with Gasteiger partial charge < -0.3 is 5.73 Å². The van der Waals surface area contributed by atoms with E-state index < -0.39 is 21.4 Å². The maximum Gasteiger partial charge on any atom is 0.244 e. The van der Waals surface area contributed by atoms with Gasteiger partial charge in [-0.15, -0.1) is 12.4 Å². The van der Waals surface area contributed by atoms with Gasteiger partial charge in [0, 0.05) is 12.1 Å². The number of benzene rings is 1. The smallest absolute Gasteiger partial charge is 0.244 e. The van der Waals surface area contributed by atoms with Gasteiger partial charge in [0.15, 0.2) is 5.82 Å². The van der Waals surface area contributed by atoms with Gasteiger partial charge in [-0.1, -0.05) is 19.9 Å². The summed E-state index contributed by atoms with van der Waals surface area (Å²) in [4.78, 5) is -0.379. The summed E-state index contributed by atoms with van der Waals surface area (Å²) >= 11 is 2.98. The van der Waals surface area contributed by atoms with E-state index in [9.17, 15) is 12.8 Å². The largest absolute Gasteiger partial charge is 0.329 e. The summed E-state index contributed by atoms with van der Waals surface area (Å²) in [7, 11) is -3.96. The molecule has 1 aromatic rings. The van der Waals surface area contributed by atoms with Crippen LogP contribution >= 0.6 is 28.3 Å². The van der Waals surface area contributed by atoms with Gasteiger partial charge in [0.05, 0.1) is 4.47 Å². The molecule has 4 nitrogen and oxygen atoms in total. The predicted octanol–water partition coefficient (Wildman–Crippen LogP) is 3.05. The van der Waals surface area contributed by atoms with Gasteiger partial charge in [0.1, 0.15) is 4.90 Å². The minimum Gasteiger partial charge on any atom is -0.329 e. The Hall–Kier alpha value is -0.210. The topological polar surface area (TPSA) is 72.2 Å². The fourth-order valence-corrected chi connectivity index (χ4v) is 4.17. The van der Waals surface area contributed by atoms with Crippen LogP contribution in [-0.2, 0) is 10.0 Å². The first-order valence-electron chi connectivity index (χ1n) is 6.29. The molecule has 1 atom stereocenters. The molecule has 0 saturated heterocycles. The Labute approximate surface area is 140 Å². The minimum atomic E-state index is -3.96. The molecular formula is C13H21BrClFN2O2S. The molecule has 0 aliphatic rings. The summed E-state index contributed by atoms with van der Waals surface area (Å²) in [6.07, 6.45) is 0.568. The van der Waals surface area contributed by atoms with E-state index in [4.69, 9.17) is 5.73 Å². The number of rotatable bonds is 6. The van der Waals surface area contributed by atoms with Crippen LogP contribution in [0.5, 0.6) is 0 Å². The molecule has 0 bridgehead atoms. The van der Waals surface area contributed by atoms with Gasteiger partial charge in [0.25, 0.3) is 0 Å². The summed E-state index contributed by atoms with van der Waals surface area (Å²) in [5, 5.41) is 0. The molecule has 0 radical (unpaired) electrons. The van der Waals surface area contributed by atoms with Gasteiger partial charge >= 0.3 is 0 Å². The molecule has 1 unspecified atom stereocenters. The highest BCUT2D eigenvalue weighted by Crippen LogP contribution is 2.25. The Morgan fingerprint density at radius 2 is 2.00 bits per heavy atom. The lowest BCUT2D eigenvalue weighted by atomic mass is 9.92.